The number of nitrogens with one attached hydrogen (secondary N) is 3. The highest BCUT2D eigenvalue weighted by Crippen LogP contribution is 2.06. The summed E-state index contributed by atoms with van der Waals surface area (Å²) in [5.74, 6) is -0.270. The van der Waals surface area contributed by atoms with E-state index in [9.17, 15) is 14.4 Å². The molecule has 0 fully saturated rings. The van der Waals surface area contributed by atoms with Gasteiger partial charge >= 0.3 is 12.2 Å². The van der Waals surface area contributed by atoms with Crippen molar-refractivity contribution in [2.45, 2.75) is 52.2 Å². The van der Waals surface area contributed by atoms with Crippen LogP contribution in [0.4, 0.5) is 9.59 Å². The first-order valence-corrected chi connectivity index (χ1v) is 9.44. The summed E-state index contributed by atoms with van der Waals surface area (Å²) in [6.45, 7) is 6.41. The van der Waals surface area contributed by atoms with E-state index in [2.05, 4.69) is 16.0 Å². The van der Waals surface area contributed by atoms with Crippen molar-refractivity contribution >= 4 is 18.1 Å². The van der Waals surface area contributed by atoms with Crippen molar-refractivity contribution in [1.29, 1.82) is 0 Å². The maximum atomic E-state index is 11.6. The summed E-state index contributed by atoms with van der Waals surface area (Å²) >= 11 is 0. The molecule has 0 aromatic heterocycles. The van der Waals surface area contributed by atoms with Crippen molar-refractivity contribution < 1.29 is 23.9 Å². The molecule has 8 nitrogen and oxygen atoms in total. The van der Waals surface area contributed by atoms with Gasteiger partial charge in [-0.2, -0.15) is 0 Å². The Morgan fingerprint density at radius 3 is 2.14 bits per heavy atom. The van der Waals surface area contributed by atoms with Gasteiger partial charge < -0.3 is 25.4 Å². The molecule has 0 aliphatic carbocycles. The largest absolute Gasteiger partial charge is 0.445 e. The van der Waals surface area contributed by atoms with E-state index >= 15 is 0 Å². The Kier molecular flexibility index (Phi) is 10.5. The van der Waals surface area contributed by atoms with Crippen LogP contribution in [-0.4, -0.2) is 43.3 Å². The molecule has 1 aromatic rings. The summed E-state index contributed by atoms with van der Waals surface area (Å²) in [5.41, 5.74) is 0.345. The summed E-state index contributed by atoms with van der Waals surface area (Å²) < 4.78 is 10.2. The third kappa shape index (κ3) is 12.6. The predicted molar refractivity (Wildman–Crippen MR) is 106 cm³/mol. The van der Waals surface area contributed by atoms with Gasteiger partial charge in [0.05, 0.1) is 6.54 Å². The Hall–Kier alpha value is -2.77. The zero-order chi connectivity index (χ0) is 20.8. The lowest BCUT2D eigenvalue weighted by Gasteiger charge is -2.19. The van der Waals surface area contributed by atoms with E-state index in [1.165, 1.54) is 0 Å². The van der Waals surface area contributed by atoms with Gasteiger partial charge in [-0.15, -0.1) is 0 Å². The molecule has 0 aliphatic rings. The lowest BCUT2D eigenvalue weighted by Crippen LogP contribution is -2.39. The number of rotatable bonds is 10. The zero-order valence-electron chi connectivity index (χ0n) is 16.9. The number of hydrogen-bond acceptors (Lipinski definition) is 5. The third-order valence-electron chi connectivity index (χ3n) is 3.45. The second-order valence-corrected chi connectivity index (χ2v) is 7.25. The van der Waals surface area contributed by atoms with Crippen molar-refractivity contribution in [3.8, 4) is 0 Å². The first-order chi connectivity index (χ1) is 13.3. The zero-order valence-corrected chi connectivity index (χ0v) is 16.9. The molecule has 28 heavy (non-hydrogen) atoms. The van der Waals surface area contributed by atoms with E-state index in [1.807, 2.05) is 30.3 Å². The fraction of sp³-hybridized carbons (Fsp3) is 0.550. The number of benzene rings is 1. The molecule has 0 unspecified atom stereocenters. The van der Waals surface area contributed by atoms with Crippen LogP contribution in [0.1, 0.15) is 45.6 Å². The van der Waals surface area contributed by atoms with Gasteiger partial charge in [0, 0.05) is 13.1 Å². The van der Waals surface area contributed by atoms with E-state index in [1.54, 1.807) is 20.8 Å². The van der Waals surface area contributed by atoms with E-state index in [0.29, 0.717) is 13.1 Å². The van der Waals surface area contributed by atoms with Gasteiger partial charge in [0.25, 0.3) is 0 Å². The summed E-state index contributed by atoms with van der Waals surface area (Å²) in [7, 11) is 0. The fourth-order valence-electron chi connectivity index (χ4n) is 2.15. The first-order valence-electron chi connectivity index (χ1n) is 9.44. The second-order valence-electron chi connectivity index (χ2n) is 7.25. The minimum Gasteiger partial charge on any atom is -0.445 e. The van der Waals surface area contributed by atoms with Gasteiger partial charge in [-0.3, -0.25) is 4.79 Å². The van der Waals surface area contributed by atoms with E-state index in [-0.39, 0.29) is 19.1 Å². The smallest absolute Gasteiger partial charge is 0.408 e. The van der Waals surface area contributed by atoms with Crippen LogP contribution < -0.4 is 16.0 Å². The van der Waals surface area contributed by atoms with E-state index in [4.69, 9.17) is 9.47 Å². The minimum absolute atomic E-state index is 0.121. The normalized spacial score (nSPS) is 10.7. The SMILES string of the molecule is CC(C)(C)OC(=O)NCC(=O)NCCCCCNC(=O)OCc1ccccc1. The van der Waals surface area contributed by atoms with Crippen LogP contribution in [0, 0.1) is 0 Å². The molecule has 3 amide bonds. The Morgan fingerprint density at radius 1 is 0.857 bits per heavy atom. The molecule has 0 heterocycles. The van der Waals surface area contributed by atoms with Crippen molar-refractivity contribution in [3.05, 3.63) is 35.9 Å². The number of carbonyl (C=O) groups excluding carboxylic acids is 3. The Labute approximate surface area is 166 Å². The van der Waals surface area contributed by atoms with Gasteiger partial charge in [-0.05, 0) is 45.6 Å². The molecule has 0 saturated carbocycles. The Bertz CT molecular complexity index is 614. The van der Waals surface area contributed by atoms with Gasteiger partial charge in [-0.25, -0.2) is 9.59 Å². The average Bonchev–Trinajstić information content (AvgIpc) is 2.63. The number of alkyl carbamates (subject to hydrolysis) is 2. The van der Waals surface area contributed by atoms with Crippen LogP contribution in [0.15, 0.2) is 30.3 Å². The quantitative estimate of drug-likeness (QED) is 0.530. The summed E-state index contributed by atoms with van der Waals surface area (Å²) in [6.07, 6.45) is 1.35. The maximum Gasteiger partial charge on any atom is 0.408 e. The van der Waals surface area contributed by atoms with Crippen molar-refractivity contribution in [2.75, 3.05) is 19.6 Å². The predicted octanol–water partition coefficient (Wildman–Crippen LogP) is 2.72. The van der Waals surface area contributed by atoms with Crippen LogP contribution in [0.2, 0.25) is 0 Å². The average molecular weight is 393 g/mol. The van der Waals surface area contributed by atoms with E-state index < -0.39 is 17.8 Å². The van der Waals surface area contributed by atoms with Crippen molar-refractivity contribution in [3.63, 3.8) is 0 Å². The van der Waals surface area contributed by atoms with Gasteiger partial charge in [0.1, 0.15) is 12.2 Å². The Morgan fingerprint density at radius 2 is 1.50 bits per heavy atom. The molecule has 0 aliphatic heterocycles. The fourth-order valence-corrected chi connectivity index (χ4v) is 2.15. The number of amides is 3. The number of unbranched alkanes of at least 4 members (excludes halogenated alkanes) is 2. The lowest BCUT2D eigenvalue weighted by atomic mass is 10.2. The number of carbonyl (C=O) groups is 3. The van der Waals surface area contributed by atoms with Crippen molar-refractivity contribution in [2.24, 2.45) is 0 Å². The topological polar surface area (TPSA) is 106 Å². The molecule has 1 rings (SSSR count). The molecule has 1 aromatic carbocycles. The van der Waals surface area contributed by atoms with Crippen LogP contribution in [-0.2, 0) is 20.9 Å². The van der Waals surface area contributed by atoms with Crippen LogP contribution >= 0.6 is 0 Å². The highest BCUT2D eigenvalue weighted by molar-refractivity contribution is 5.82. The maximum absolute atomic E-state index is 11.6. The van der Waals surface area contributed by atoms with E-state index in [0.717, 1.165) is 24.8 Å². The molecule has 156 valence electrons. The molecular weight excluding hydrogens is 362 g/mol. The molecule has 3 N–H and O–H groups in total. The monoisotopic (exact) mass is 393 g/mol. The van der Waals surface area contributed by atoms with Gasteiger partial charge in [0.15, 0.2) is 0 Å². The Balaban J connectivity index is 1.96. The van der Waals surface area contributed by atoms with Crippen LogP contribution in [0.25, 0.3) is 0 Å². The highest BCUT2D eigenvalue weighted by Gasteiger charge is 2.16. The lowest BCUT2D eigenvalue weighted by molar-refractivity contribution is -0.120. The molecule has 8 heteroatoms. The number of hydrogen-bond donors (Lipinski definition) is 3. The van der Waals surface area contributed by atoms with Crippen LogP contribution in [0.5, 0.6) is 0 Å². The molecule has 0 bridgehead atoms. The molecule has 0 saturated heterocycles. The van der Waals surface area contributed by atoms with Crippen molar-refractivity contribution in [1.82, 2.24) is 16.0 Å². The molecule has 0 radical (unpaired) electrons. The standard InChI is InChI=1S/C20H31N3O5/c1-20(2,3)28-19(26)23-14-17(24)21-12-8-5-9-13-22-18(25)27-15-16-10-6-4-7-11-16/h4,6-7,10-11H,5,8-9,12-15H2,1-3H3,(H,21,24)(H,22,25)(H,23,26). The minimum atomic E-state index is -0.618. The number of ether oxygens (including phenoxy) is 2. The third-order valence-corrected chi connectivity index (χ3v) is 3.45. The van der Waals surface area contributed by atoms with Gasteiger partial charge in [0.2, 0.25) is 5.91 Å². The first kappa shape index (κ1) is 23.3. The summed E-state index contributed by atoms with van der Waals surface area (Å²) in [6, 6.07) is 9.48. The molecule has 0 spiro atoms. The van der Waals surface area contributed by atoms with Crippen LogP contribution in [0.3, 0.4) is 0 Å². The van der Waals surface area contributed by atoms with Gasteiger partial charge in [-0.1, -0.05) is 30.3 Å². The molecular formula is C20H31N3O5. The molecule has 0 atom stereocenters. The summed E-state index contributed by atoms with van der Waals surface area (Å²) in [5, 5.41) is 7.81. The summed E-state index contributed by atoms with van der Waals surface area (Å²) in [4.78, 5) is 34.6. The second kappa shape index (κ2) is 12.6. The highest BCUT2D eigenvalue weighted by atomic mass is 16.6.